The van der Waals surface area contributed by atoms with Gasteiger partial charge >= 0.3 is 13.3 Å². The van der Waals surface area contributed by atoms with Crippen molar-refractivity contribution in [3.8, 4) is 0 Å². The van der Waals surface area contributed by atoms with Gasteiger partial charge in [-0.1, -0.05) is 6.08 Å². The maximum Gasteiger partial charge on any atom is 0.353 e. The summed E-state index contributed by atoms with van der Waals surface area (Å²) in [6.45, 7) is 6.33. The van der Waals surface area contributed by atoms with Gasteiger partial charge in [0.1, 0.15) is 0 Å². The van der Waals surface area contributed by atoms with Crippen LogP contribution < -0.4 is 11.2 Å². The van der Waals surface area contributed by atoms with Gasteiger partial charge in [0.05, 0.1) is 26.1 Å². The number of allylic oxidation sites excluding steroid dienone is 1. The van der Waals surface area contributed by atoms with E-state index in [0.29, 0.717) is 25.1 Å². The Morgan fingerprint density at radius 3 is 2.70 bits per heavy atom. The monoisotopic (exact) mass is 442 g/mol. The van der Waals surface area contributed by atoms with Crippen LogP contribution in [0, 0.1) is 12.8 Å². The van der Waals surface area contributed by atoms with Gasteiger partial charge in [-0.3, -0.25) is 14.3 Å². The highest BCUT2D eigenvalue weighted by atomic mass is 31.2. The zero-order valence-corrected chi connectivity index (χ0v) is 18.6. The third-order valence-electron chi connectivity index (χ3n) is 4.48. The van der Waals surface area contributed by atoms with Crippen molar-refractivity contribution in [3.63, 3.8) is 0 Å². The summed E-state index contributed by atoms with van der Waals surface area (Å²) in [5, 5.41) is 0. The smallest absolute Gasteiger partial charge is 0.353 e. The van der Waals surface area contributed by atoms with Crippen LogP contribution in [0.15, 0.2) is 40.0 Å². The van der Waals surface area contributed by atoms with E-state index in [9.17, 15) is 14.2 Å². The standard InChI is InChI=1S/C20H31N2O7P/c1-4-28-30(25,29-5-2)13-10-17(15-27-18-8-6-7-12-26-18)9-11-22-14-16(3)19(23)21-20(22)24/h7,10,12-14,17-18H,4-6,8-9,11,15H2,1-3H3,(H,21,23,24)/t17-,18-/m1/s1. The summed E-state index contributed by atoms with van der Waals surface area (Å²) in [5.74, 6) is 1.28. The van der Waals surface area contributed by atoms with E-state index in [0.717, 1.165) is 12.8 Å². The first kappa shape index (κ1) is 24.3. The summed E-state index contributed by atoms with van der Waals surface area (Å²) in [4.78, 5) is 25.9. The van der Waals surface area contributed by atoms with Crippen molar-refractivity contribution >= 4 is 7.60 Å². The van der Waals surface area contributed by atoms with Crippen LogP contribution in [0.25, 0.3) is 0 Å². The van der Waals surface area contributed by atoms with Crippen molar-refractivity contribution in [2.24, 2.45) is 5.92 Å². The molecule has 0 fully saturated rings. The van der Waals surface area contributed by atoms with Crippen molar-refractivity contribution in [3.05, 3.63) is 56.8 Å². The lowest BCUT2D eigenvalue weighted by atomic mass is 10.1. The minimum absolute atomic E-state index is 0.173. The molecule has 168 valence electrons. The lowest BCUT2D eigenvalue weighted by molar-refractivity contribution is -0.121. The topological polar surface area (TPSA) is 109 Å². The predicted octanol–water partition coefficient (Wildman–Crippen LogP) is 3.30. The second-order valence-electron chi connectivity index (χ2n) is 6.88. The summed E-state index contributed by atoms with van der Waals surface area (Å²) < 4.78 is 36.1. The first-order valence-corrected chi connectivity index (χ1v) is 11.8. The molecule has 30 heavy (non-hydrogen) atoms. The molecule has 1 aliphatic rings. The van der Waals surface area contributed by atoms with Crippen LogP contribution in [0.1, 0.15) is 38.7 Å². The molecule has 9 nitrogen and oxygen atoms in total. The number of hydrogen-bond donors (Lipinski definition) is 1. The second-order valence-corrected chi connectivity index (χ2v) is 8.77. The average molecular weight is 442 g/mol. The van der Waals surface area contributed by atoms with E-state index < -0.39 is 18.8 Å². The van der Waals surface area contributed by atoms with Crippen molar-refractivity contribution in [2.45, 2.75) is 52.9 Å². The predicted molar refractivity (Wildman–Crippen MR) is 113 cm³/mol. The van der Waals surface area contributed by atoms with E-state index in [1.807, 2.05) is 6.08 Å². The van der Waals surface area contributed by atoms with Crippen molar-refractivity contribution in [1.82, 2.24) is 9.55 Å². The molecule has 2 atom stereocenters. The second kappa shape index (κ2) is 12.1. The number of H-pyrrole nitrogens is 1. The van der Waals surface area contributed by atoms with E-state index in [1.165, 1.54) is 16.6 Å². The molecule has 0 amide bonds. The number of nitrogens with zero attached hydrogens (tertiary/aromatic N) is 1. The van der Waals surface area contributed by atoms with Gasteiger partial charge in [-0.2, -0.15) is 0 Å². The van der Waals surface area contributed by atoms with Crippen LogP contribution in [-0.4, -0.2) is 35.7 Å². The highest BCUT2D eigenvalue weighted by molar-refractivity contribution is 7.57. The van der Waals surface area contributed by atoms with E-state index in [1.54, 1.807) is 33.1 Å². The van der Waals surface area contributed by atoms with Gasteiger partial charge < -0.3 is 23.1 Å². The zero-order valence-electron chi connectivity index (χ0n) is 17.7. The summed E-state index contributed by atoms with van der Waals surface area (Å²) in [7, 11) is -3.34. The Labute approximate surface area is 176 Å². The molecule has 0 aromatic carbocycles. The van der Waals surface area contributed by atoms with Gasteiger partial charge in [-0.25, -0.2) is 4.79 Å². The molecule has 2 heterocycles. The summed E-state index contributed by atoms with van der Waals surface area (Å²) >= 11 is 0. The molecular formula is C20H31N2O7P. The molecule has 2 rings (SSSR count). The van der Waals surface area contributed by atoms with Crippen LogP contribution in [0.3, 0.4) is 0 Å². The van der Waals surface area contributed by atoms with E-state index in [-0.39, 0.29) is 25.4 Å². The first-order valence-electron chi connectivity index (χ1n) is 10.2. The molecule has 1 N–H and O–H groups in total. The first-order chi connectivity index (χ1) is 14.4. The molecule has 0 spiro atoms. The highest BCUT2D eigenvalue weighted by Gasteiger charge is 2.21. The Morgan fingerprint density at radius 1 is 1.33 bits per heavy atom. The Morgan fingerprint density at radius 2 is 2.07 bits per heavy atom. The molecule has 0 bridgehead atoms. The Balaban J connectivity index is 2.11. The maximum atomic E-state index is 12.7. The van der Waals surface area contributed by atoms with Gasteiger partial charge in [-0.15, -0.1) is 0 Å². The van der Waals surface area contributed by atoms with Crippen molar-refractivity contribution in [1.29, 1.82) is 0 Å². The number of rotatable bonds is 12. The average Bonchev–Trinajstić information content (AvgIpc) is 2.72. The molecule has 10 heteroatoms. The zero-order chi connectivity index (χ0) is 22.0. The van der Waals surface area contributed by atoms with Crippen LogP contribution in [0.2, 0.25) is 0 Å². The molecule has 0 radical (unpaired) electrons. The SMILES string of the molecule is CCOP(=O)(C=C[C@@H](CCn1cc(C)c(=O)[nH]c1=O)CO[C@@H]1CCC=CO1)OCC. The maximum absolute atomic E-state index is 12.7. The fraction of sp³-hybridized carbons (Fsp3) is 0.600. The number of aromatic nitrogens is 2. The fourth-order valence-corrected chi connectivity index (χ4v) is 4.32. The number of aryl methyl sites for hydroxylation is 2. The summed E-state index contributed by atoms with van der Waals surface area (Å²) in [6, 6.07) is 0. The van der Waals surface area contributed by atoms with Crippen LogP contribution in [-0.2, 0) is 29.6 Å². The van der Waals surface area contributed by atoms with Gasteiger partial charge in [0.2, 0.25) is 0 Å². The fourth-order valence-electron chi connectivity index (χ4n) is 2.90. The quantitative estimate of drug-likeness (QED) is 0.495. The van der Waals surface area contributed by atoms with Gasteiger partial charge in [0.25, 0.3) is 5.56 Å². The normalized spacial score (nSPS) is 17.9. The number of aromatic amines is 1. The lowest BCUT2D eigenvalue weighted by Crippen LogP contribution is -2.31. The van der Waals surface area contributed by atoms with Gasteiger partial charge in [0.15, 0.2) is 6.29 Å². The Hall–Kier alpha value is -1.93. The third-order valence-corrected chi connectivity index (χ3v) is 6.25. The van der Waals surface area contributed by atoms with Crippen molar-refractivity contribution in [2.75, 3.05) is 19.8 Å². The summed E-state index contributed by atoms with van der Waals surface area (Å²) in [5.41, 5.74) is -0.408. The highest BCUT2D eigenvalue weighted by Crippen LogP contribution is 2.49. The third kappa shape index (κ3) is 7.72. The molecule has 1 aliphatic heterocycles. The summed E-state index contributed by atoms with van der Waals surface area (Å²) in [6.07, 6.45) is 8.64. The Kier molecular flexibility index (Phi) is 9.78. The molecule has 0 saturated heterocycles. The van der Waals surface area contributed by atoms with Gasteiger partial charge in [0, 0.05) is 36.5 Å². The number of nitrogens with one attached hydrogen (secondary N) is 1. The Bertz CT molecular complexity index is 880. The number of ether oxygens (including phenoxy) is 2. The largest absolute Gasteiger partial charge is 0.473 e. The minimum atomic E-state index is -3.34. The molecule has 0 unspecified atom stereocenters. The van der Waals surface area contributed by atoms with Gasteiger partial charge in [-0.05, 0) is 39.7 Å². The van der Waals surface area contributed by atoms with E-state index in [4.69, 9.17) is 18.5 Å². The lowest BCUT2D eigenvalue weighted by Gasteiger charge is -2.22. The molecular weight excluding hydrogens is 411 g/mol. The van der Waals surface area contributed by atoms with E-state index in [2.05, 4.69) is 4.98 Å². The molecule has 0 saturated carbocycles. The van der Waals surface area contributed by atoms with E-state index >= 15 is 0 Å². The van der Waals surface area contributed by atoms with Crippen LogP contribution in [0.4, 0.5) is 0 Å². The van der Waals surface area contributed by atoms with Crippen molar-refractivity contribution < 1.29 is 23.1 Å². The minimum Gasteiger partial charge on any atom is -0.473 e. The number of hydrogen-bond acceptors (Lipinski definition) is 7. The molecule has 0 aliphatic carbocycles. The molecule has 1 aromatic heterocycles. The molecule has 1 aromatic rings. The van der Waals surface area contributed by atoms with Crippen LogP contribution in [0.5, 0.6) is 0 Å². The van der Waals surface area contributed by atoms with Crippen LogP contribution >= 0.6 is 7.60 Å².